The van der Waals surface area contributed by atoms with Gasteiger partial charge in [-0.25, -0.2) is 4.79 Å². The van der Waals surface area contributed by atoms with Crippen molar-refractivity contribution >= 4 is 29.2 Å². The Bertz CT molecular complexity index is 537. The van der Waals surface area contributed by atoms with Gasteiger partial charge in [0, 0.05) is 11.1 Å². The molecule has 0 unspecified atom stereocenters. The molecule has 0 saturated carbocycles. The number of carbonyl (C=O) groups excluding carboxylic acids is 2. The van der Waals surface area contributed by atoms with E-state index in [0.29, 0.717) is 22.7 Å². The Morgan fingerprint density at radius 3 is 2.72 bits per heavy atom. The van der Waals surface area contributed by atoms with Gasteiger partial charge in [-0.1, -0.05) is 25.4 Å². The zero-order valence-corrected chi connectivity index (χ0v) is 11.2. The van der Waals surface area contributed by atoms with Crippen LogP contribution in [0.15, 0.2) is 12.1 Å². The summed E-state index contributed by atoms with van der Waals surface area (Å²) in [5, 5.41) is 3.13. The van der Waals surface area contributed by atoms with Gasteiger partial charge in [0.2, 0.25) is 5.91 Å². The Morgan fingerprint density at radius 1 is 1.44 bits per heavy atom. The van der Waals surface area contributed by atoms with Crippen molar-refractivity contribution < 1.29 is 14.3 Å². The number of anilines is 1. The number of methoxy groups -OCH3 is 1. The molecule has 1 aromatic rings. The zero-order valence-electron chi connectivity index (χ0n) is 10.5. The van der Waals surface area contributed by atoms with Gasteiger partial charge in [-0.05, 0) is 24.1 Å². The first-order valence-corrected chi connectivity index (χ1v) is 5.96. The van der Waals surface area contributed by atoms with E-state index in [-0.39, 0.29) is 5.91 Å². The summed E-state index contributed by atoms with van der Waals surface area (Å²) in [7, 11) is 1.31. The quantitative estimate of drug-likeness (QED) is 0.796. The van der Waals surface area contributed by atoms with Crippen LogP contribution in [-0.2, 0) is 16.0 Å². The topological polar surface area (TPSA) is 55.4 Å². The number of rotatable bonds is 1. The molecule has 1 aromatic carbocycles. The Labute approximate surface area is 110 Å². The molecule has 0 spiro atoms. The van der Waals surface area contributed by atoms with E-state index in [2.05, 4.69) is 5.32 Å². The number of nitrogens with one attached hydrogen (secondary N) is 1. The molecule has 96 valence electrons. The molecule has 0 radical (unpaired) electrons. The standard InChI is InChI=1S/C13H14ClNO3/c1-13(2)6-7-9(15-12(13)17)5-4-8(14)10(7)11(16)18-3/h4-5H,6H2,1-3H3,(H,15,17). The Hall–Kier alpha value is -1.55. The Kier molecular flexibility index (Phi) is 3.07. The van der Waals surface area contributed by atoms with Crippen LogP contribution in [0.5, 0.6) is 0 Å². The van der Waals surface area contributed by atoms with Crippen LogP contribution in [0, 0.1) is 5.41 Å². The van der Waals surface area contributed by atoms with Crippen molar-refractivity contribution in [3.63, 3.8) is 0 Å². The summed E-state index contributed by atoms with van der Waals surface area (Å²) >= 11 is 6.05. The highest BCUT2D eigenvalue weighted by atomic mass is 35.5. The lowest BCUT2D eigenvalue weighted by molar-refractivity contribution is -0.124. The number of carbonyl (C=O) groups is 2. The number of amides is 1. The summed E-state index contributed by atoms with van der Waals surface area (Å²) in [6.07, 6.45) is 0.458. The summed E-state index contributed by atoms with van der Waals surface area (Å²) in [4.78, 5) is 23.6. The number of fused-ring (bicyclic) bond motifs is 1. The van der Waals surface area contributed by atoms with Crippen LogP contribution in [0.3, 0.4) is 0 Å². The molecule has 1 aliphatic heterocycles. The van der Waals surface area contributed by atoms with Gasteiger partial charge in [0.1, 0.15) is 0 Å². The lowest BCUT2D eigenvalue weighted by atomic mass is 9.79. The number of halogens is 1. The highest BCUT2D eigenvalue weighted by molar-refractivity contribution is 6.34. The van der Waals surface area contributed by atoms with Gasteiger partial charge in [0.25, 0.3) is 0 Å². The summed E-state index contributed by atoms with van der Waals surface area (Å²) in [6, 6.07) is 3.29. The molecule has 18 heavy (non-hydrogen) atoms. The second-order valence-corrected chi connectivity index (χ2v) is 5.36. The van der Waals surface area contributed by atoms with Gasteiger partial charge in [-0.2, -0.15) is 0 Å². The number of benzene rings is 1. The minimum Gasteiger partial charge on any atom is -0.465 e. The average molecular weight is 268 g/mol. The second-order valence-electron chi connectivity index (χ2n) is 4.95. The fourth-order valence-corrected chi connectivity index (χ4v) is 2.31. The third kappa shape index (κ3) is 1.97. The highest BCUT2D eigenvalue weighted by Crippen LogP contribution is 2.37. The third-order valence-corrected chi connectivity index (χ3v) is 3.45. The Balaban J connectivity index is 2.61. The van der Waals surface area contributed by atoms with Crippen LogP contribution >= 0.6 is 11.6 Å². The van der Waals surface area contributed by atoms with Crippen LogP contribution in [0.4, 0.5) is 5.69 Å². The molecule has 0 saturated heterocycles. The van der Waals surface area contributed by atoms with E-state index in [4.69, 9.17) is 16.3 Å². The molecule has 2 rings (SSSR count). The first-order chi connectivity index (χ1) is 8.36. The lowest BCUT2D eigenvalue weighted by Crippen LogP contribution is -2.38. The van der Waals surface area contributed by atoms with Gasteiger partial charge < -0.3 is 10.1 Å². The molecular weight excluding hydrogens is 254 g/mol. The van der Waals surface area contributed by atoms with E-state index in [0.717, 1.165) is 5.56 Å². The molecular formula is C13H14ClNO3. The fraction of sp³-hybridized carbons (Fsp3) is 0.385. The van der Waals surface area contributed by atoms with E-state index < -0.39 is 11.4 Å². The van der Waals surface area contributed by atoms with Crippen molar-refractivity contribution in [3.05, 3.63) is 28.3 Å². The predicted molar refractivity (Wildman–Crippen MR) is 68.9 cm³/mol. The van der Waals surface area contributed by atoms with Crippen molar-refractivity contribution in [3.8, 4) is 0 Å². The maximum absolute atomic E-state index is 11.9. The fourth-order valence-electron chi connectivity index (χ4n) is 2.06. The van der Waals surface area contributed by atoms with Gasteiger partial charge in [0.15, 0.2) is 0 Å². The number of hydrogen-bond donors (Lipinski definition) is 1. The van der Waals surface area contributed by atoms with Crippen molar-refractivity contribution in [2.24, 2.45) is 5.41 Å². The normalized spacial score (nSPS) is 16.8. The van der Waals surface area contributed by atoms with E-state index in [1.54, 1.807) is 12.1 Å². The average Bonchev–Trinajstić information content (AvgIpc) is 2.30. The largest absolute Gasteiger partial charge is 0.465 e. The number of esters is 1. The van der Waals surface area contributed by atoms with E-state index >= 15 is 0 Å². The van der Waals surface area contributed by atoms with Crippen LogP contribution < -0.4 is 5.32 Å². The molecule has 1 N–H and O–H groups in total. The lowest BCUT2D eigenvalue weighted by Gasteiger charge is -2.31. The summed E-state index contributed by atoms with van der Waals surface area (Å²) < 4.78 is 4.74. The summed E-state index contributed by atoms with van der Waals surface area (Å²) in [5.74, 6) is -0.545. The molecule has 0 fully saturated rings. The van der Waals surface area contributed by atoms with Crippen molar-refractivity contribution in [1.82, 2.24) is 0 Å². The molecule has 0 aromatic heterocycles. The van der Waals surface area contributed by atoms with Crippen LogP contribution in [0.2, 0.25) is 5.02 Å². The van der Waals surface area contributed by atoms with E-state index in [9.17, 15) is 9.59 Å². The minimum absolute atomic E-state index is 0.0619. The predicted octanol–water partition coefficient (Wildman–Crippen LogP) is 2.65. The molecule has 1 amide bonds. The molecule has 0 bridgehead atoms. The highest BCUT2D eigenvalue weighted by Gasteiger charge is 2.36. The first kappa shape index (κ1) is 12.9. The van der Waals surface area contributed by atoms with E-state index in [1.165, 1.54) is 7.11 Å². The van der Waals surface area contributed by atoms with Gasteiger partial charge in [0.05, 0.1) is 17.7 Å². The third-order valence-electron chi connectivity index (χ3n) is 3.13. The van der Waals surface area contributed by atoms with Crippen molar-refractivity contribution in [2.45, 2.75) is 20.3 Å². The number of hydrogen-bond acceptors (Lipinski definition) is 3. The van der Waals surface area contributed by atoms with Gasteiger partial charge >= 0.3 is 5.97 Å². The summed E-state index contributed by atoms with van der Waals surface area (Å²) in [6.45, 7) is 3.65. The van der Waals surface area contributed by atoms with Gasteiger partial charge in [-0.15, -0.1) is 0 Å². The molecule has 5 heteroatoms. The monoisotopic (exact) mass is 267 g/mol. The maximum Gasteiger partial charge on any atom is 0.339 e. The maximum atomic E-state index is 11.9. The zero-order chi connectivity index (χ0) is 13.5. The summed E-state index contributed by atoms with van der Waals surface area (Å²) in [5.41, 5.74) is 1.13. The molecule has 0 aliphatic carbocycles. The Morgan fingerprint density at radius 2 is 2.11 bits per heavy atom. The molecule has 0 atom stereocenters. The van der Waals surface area contributed by atoms with E-state index in [1.807, 2.05) is 13.8 Å². The molecule has 4 nitrogen and oxygen atoms in total. The first-order valence-electron chi connectivity index (χ1n) is 5.58. The smallest absolute Gasteiger partial charge is 0.339 e. The van der Waals surface area contributed by atoms with Gasteiger partial charge in [-0.3, -0.25) is 4.79 Å². The van der Waals surface area contributed by atoms with Crippen LogP contribution in [-0.4, -0.2) is 19.0 Å². The van der Waals surface area contributed by atoms with Crippen molar-refractivity contribution in [1.29, 1.82) is 0 Å². The number of ether oxygens (including phenoxy) is 1. The van der Waals surface area contributed by atoms with Crippen LogP contribution in [0.1, 0.15) is 29.8 Å². The van der Waals surface area contributed by atoms with Crippen LogP contribution in [0.25, 0.3) is 0 Å². The van der Waals surface area contributed by atoms with Crippen molar-refractivity contribution in [2.75, 3.05) is 12.4 Å². The molecule has 1 aliphatic rings. The second kappa shape index (κ2) is 4.28. The minimum atomic E-state index is -0.569. The molecule has 1 heterocycles. The SMILES string of the molecule is COC(=O)c1c(Cl)ccc2c1CC(C)(C)C(=O)N2.